The third kappa shape index (κ3) is 3.56. The molecule has 0 bridgehead atoms. The molecule has 0 aliphatic carbocycles. The number of hydrogen-bond donors (Lipinski definition) is 1. The van der Waals surface area contributed by atoms with E-state index in [0.29, 0.717) is 6.04 Å². The predicted molar refractivity (Wildman–Crippen MR) is 69.4 cm³/mol. The Morgan fingerprint density at radius 3 is 3.12 bits per heavy atom. The minimum Gasteiger partial charge on any atom is -0.469 e. The van der Waals surface area contributed by atoms with Crippen molar-refractivity contribution in [1.82, 2.24) is 9.36 Å². The number of furan rings is 1. The molecule has 0 aliphatic heterocycles. The SMILES string of the molecule is CCCc1nsc(NC(C)Cc2ccco2)n1. The summed E-state index contributed by atoms with van der Waals surface area (Å²) in [6, 6.07) is 4.19. The second kappa shape index (κ2) is 5.82. The molecule has 0 amide bonds. The van der Waals surface area contributed by atoms with Crippen LogP contribution in [0.2, 0.25) is 0 Å². The van der Waals surface area contributed by atoms with Crippen molar-refractivity contribution < 1.29 is 4.42 Å². The second-order valence-electron chi connectivity index (χ2n) is 4.09. The number of aryl methyl sites for hydroxylation is 1. The van der Waals surface area contributed by atoms with E-state index in [9.17, 15) is 0 Å². The monoisotopic (exact) mass is 251 g/mol. The van der Waals surface area contributed by atoms with Crippen LogP contribution in [0.4, 0.5) is 5.13 Å². The quantitative estimate of drug-likeness (QED) is 0.857. The van der Waals surface area contributed by atoms with Gasteiger partial charge in [0.05, 0.1) is 6.26 Å². The summed E-state index contributed by atoms with van der Waals surface area (Å²) in [6.45, 7) is 4.25. The summed E-state index contributed by atoms with van der Waals surface area (Å²) >= 11 is 1.43. The van der Waals surface area contributed by atoms with Gasteiger partial charge in [-0.3, -0.25) is 0 Å². The van der Waals surface area contributed by atoms with E-state index in [2.05, 4.69) is 28.5 Å². The van der Waals surface area contributed by atoms with Gasteiger partial charge < -0.3 is 9.73 Å². The summed E-state index contributed by atoms with van der Waals surface area (Å²) < 4.78 is 9.61. The molecule has 1 unspecified atom stereocenters. The van der Waals surface area contributed by atoms with Gasteiger partial charge in [-0.15, -0.1) is 0 Å². The maximum atomic E-state index is 5.31. The Labute approximate surface area is 105 Å². The number of hydrogen-bond acceptors (Lipinski definition) is 5. The maximum Gasteiger partial charge on any atom is 0.202 e. The Balaban J connectivity index is 1.86. The topological polar surface area (TPSA) is 51.0 Å². The van der Waals surface area contributed by atoms with E-state index >= 15 is 0 Å². The minimum atomic E-state index is 0.295. The Kier molecular flexibility index (Phi) is 4.14. The molecule has 0 radical (unpaired) electrons. The van der Waals surface area contributed by atoms with Crippen molar-refractivity contribution in [2.45, 2.75) is 39.2 Å². The van der Waals surface area contributed by atoms with E-state index in [1.165, 1.54) is 11.5 Å². The fourth-order valence-electron chi connectivity index (χ4n) is 1.63. The Morgan fingerprint density at radius 2 is 2.41 bits per heavy atom. The lowest BCUT2D eigenvalue weighted by Gasteiger charge is -2.10. The molecule has 2 heterocycles. The molecule has 2 aromatic rings. The van der Waals surface area contributed by atoms with Gasteiger partial charge in [0, 0.05) is 30.4 Å². The summed E-state index contributed by atoms with van der Waals surface area (Å²) in [7, 11) is 0. The normalized spacial score (nSPS) is 12.6. The molecule has 2 aromatic heterocycles. The van der Waals surface area contributed by atoms with Crippen LogP contribution in [-0.2, 0) is 12.8 Å². The molecule has 0 saturated carbocycles. The van der Waals surface area contributed by atoms with Crippen LogP contribution in [0.15, 0.2) is 22.8 Å². The average molecular weight is 251 g/mol. The fourth-order valence-corrected chi connectivity index (χ4v) is 2.35. The van der Waals surface area contributed by atoms with Gasteiger partial charge in [-0.1, -0.05) is 6.92 Å². The molecule has 2 rings (SSSR count). The molecule has 1 N–H and O–H groups in total. The molecule has 5 heteroatoms. The van der Waals surface area contributed by atoms with Crippen molar-refractivity contribution in [3.8, 4) is 0 Å². The predicted octanol–water partition coefficient (Wildman–Crippen LogP) is 3.13. The number of nitrogens with zero attached hydrogens (tertiary/aromatic N) is 2. The Bertz CT molecular complexity index is 438. The van der Waals surface area contributed by atoms with Crippen LogP contribution in [-0.4, -0.2) is 15.4 Å². The van der Waals surface area contributed by atoms with Crippen molar-refractivity contribution in [2.75, 3.05) is 5.32 Å². The van der Waals surface area contributed by atoms with Gasteiger partial charge in [-0.25, -0.2) is 4.98 Å². The fraction of sp³-hybridized carbons (Fsp3) is 0.500. The van der Waals surface area contributed by atoms with Crippen LogP contribution in [0.3, 0.4) is 0 Å². The molecule has 0 aromatic carbocycles. The van der Waals surface area contributed by atoms with Gasteiger partial charge in [0.15, 0.2) is 0 Å². The third-order valence-electron chi connectivity index (χ3n) is 2.40. The molecule has 1 atom stereocenters. The molecular weight excluding hydrogens is 234 g/mol. The van der Waals surface area contributed by atoms with Gasteiger partial charge >= 0.3 is 0 Å². The molecule has 4 nitrogen and oxygen atoms in total. The number of rotatable bonds is 6. The van der Waals surface area contributed by atoms with E-state index < -0.39 is 0 Å². The maximum absolute atomic E-state index is 5.31. The van der Waals surface area contributed by atoms with Gasteiger partial charge in [-0.2, -0.15) is 4.37 Å². The first-order valence-corrected chi connectivity index (χ1v) is 6.66. The smallest absolute Gasteiger partial charge is 0.202 e. The van der Waals surface area contributed by atoms with Crippen LogP contribution >= 0.6 is 11.5 Å². The molecule has 0 aliphatic rings. The molecule has 0 fully saturated rings. The highest BCUT2D eigenvalue weighted by Gasteiger charge is 2.09. The summed E-state index contributed by atoms with van der Waals surface area (Å²) in [5.74, 6) is 1.92. The van der Waals surface area contributed by atoms with Crippen molar-refractivity contribution in [2.24, 2.45) is 0 Å². The van der Waals surface area contributed by atoms with Crippen LogP contribution in [0.25, 0.3) is 0 Å². The van der Waals surface area contributed by atoms with Gasteiger partial charge in [0.1, 0.15) is 11.6 Å². The first-order chi connectivity index (χ1) is 8.28. The van der Waals surface area contributed by atoms with Crippen molar-refractivity contribution in [3.05, 3.63) is 30.0 Å². The minimum absolute atomic E-state index is 0.295. The van der Waals surface area contributed by atoms with Gasteiger partial charge in [-0.05, 0) is 25.5 Å². The number of nitrogens with one attached hydrogen (secondary N) is 1. The van der Waals surface area contributed by atoms with Crippen LogP contribution in [0, 0.1) is 0 Å². The van der Waals surface area contributed by atoms with E-state index in [1.54, 1.807) is 6.26 Å². The van der Waals surface area contributed by atoms with E-state index in [-0.39, 0.29) is 0 Å². The zero-order valence-corrected chi connectivity index (χ0v) is 11.0. The molecule has 17 heavy (non-hydrogen) atoms. The lowest BCUT2D eigenvalue weighted by atomic mass is 10.2. The lowest BCUT2D eigenvalue weighted by Crippen LogP contribution is -2.17. The van der Waals surface area contributed by atoms with Crippen LogP contribution < -0.4 is 5.32 Å². The zero-order chi connectivity index (χ0) is 12.1. The molecule has 92 valence electrons. The number of aromatic nitrogens is 2. The number of anilines is 1. The van der Waals surface area contributed by atoms with Crippen molar-refractivity contribution in [1.29, 1.82) is 0 Å². The highest BCUT2D eigenvalue weighted by Crippen LogP contribution is 2.15. The van der Waals surface area contributed by atoms with Crippen LogP contribution in [0.1, 0.15) is 31.9 Å². The Morgan fingerprint density at radius 1 is 1.53 bits per heavy atom. The van der Waals surface area contributed by atoms with Gasteiger partial charge in [0.2, 0.25) is 5.13 Å². The molecule has 0 saturated heterocycles. The van der Waals surface area contributed by atoms with Crippen LogP contribution in [0.5, 0.6) is 0 Å². The zero-order valence-electron chi connectivity index (χ0n) is 10.1. The van der Waals surface area contributed by atoms with Crippen molar-refractivity contribution >= 4 is 16.7 Å². The standard InChI is InChI=1S/C12H17N3OS/c1-3-5-11-14-12(17-15-11)13-9(2)8-10-6-4-7-16-10/h4,6-7,9H,3,5,8H2,1-2H3,(H,13,14,15). The largest absolute Gasteiger partial charge is 0.469 e. The van der Waals surface area contributed by atoms with Gasteiger partial charge in [0.25, 0.3) is 0 Å². The second-order valence-corrected chi connectivity index (χ2v) is 4.85. The van der Waals surface area contributed by atoms with Crippen molar-refractivity contribution in [3.63, 3.8) is 0 Å². The average Bonchev–Trinajstić information content (AvgIpc) is 2.91. The van der Waals surface area contributed by atoms with E-state index in [0.717, 1.165) is 36.0 Å². The Hall–Kier alpha value is -1.36. The first-order valence-electron chi connectivity index (χ1n) is 5.89. The van der Waals surface area contributed by atoms with E-state index in [4.69, 9.17) is 4.42 Å². The summed E-state index contributed by atoms with van der Waals surface area (Å²) in [4.78, 5) is 4.43. The lowest BCUT2D eigenvalue weighted by molar-refractivity contribution is 0.497. The molecule has 0 spiro atoms. The highest BCUT2D eigenvalue weighted by atomic mass is 32.1. The summed E-state index contributed by atoms with van der Waals surface area (Å²) in [5.41, 5.74) is 0. The highest BCUT2D eigenvalue weighted by molar-refractivity contribution is 7.09. The van der Waals surface area contributed by atoms with E-state index in [1.807, 2.05) is 12.1 Å². The first kappa shape index (κ1) is 12.1. The summed E-state index contributed by atoms with van der Waals surface area (Å²) in [5, 5.41) is 4.24. The third-order valence-corrected chi connectivity index (χ3v) is 3.08. The molecular formula is C12H17N3OS. The summed E-state index contributed by atoms with van der Waals surface area (Å²) in [6.07, 6.45) is 4.59.